The molecule has 0 saturated carbocycles. The van der Waals surface area contributed by atoms with E-state index in [4.69, 9.17) is 23.2 Å². The molecule has 0 fully saturated rings. The van der Waals surface area contributed by atoms with E-state index in [1.54, 1.807) is 6.08 Å². The fraction of sp³-hybridized carbons (Fsp3) is 0.818. The van der Waals surface area contributed by atoms with Gasteiger partial charge >= 0.3 is 0 Å². The molecule has 0 unspecified atom stereocenters. The van der Waals surface area contributed by atoms with Crippen molar-refractivity contribution in [3.63, 3.8) is 0 Å². The Morgan fingerprint density at radius 2 is 1.57 bits per heavy atom. The SMILES string of the molecule is C=CC(Cl)(Cl)CCCCCCCC.[SiH4]. The number of hydrogen-bond donors (Lipinski definition) is 0. The Morgan fingerprint density at radius 3 is 2.07 bits per heavy atom. The molecule has 0 N–H and O–H groups in total. The maximum absolute atomic E-state index is 5.91. The summed E-state index contributed by atoms with van der Waals surface area (Å²) < 4.78 is -0.704. The minimum atomic E-state index is -0.704. The smallest absolute Gasteiger partial charge is 0.100 e. The highest BCUT2D eigenvalue weighted by molar-refractivity contribution is 6.49. The standard InChI is InChI=1S/C11H20Cl2.H4Si/c1-3-5-6-7-8-9-10-11(12,13)4-2;/h4H,2-3,5-10H2,1H3;1H4. The molecule has 0 nitrogen and oxygen atoms in total. The topological polar surface area (TPSA) is 0 Å². The van der Waals surface area contributed by atoms with E-state index in [-0.39, 0.29) is 11.0 Å². The molecule has 0 spiro atoms. The van der Waals surface area contributed by atoms with Crippen molar-refractivity contribution in [2.45, 2.75) is 56.2 Å². The highest BCUT2D eigenvalue weighted by Gasteiger charge is 2.17. The van der Waals surface area contributed by atoms with E-state index in [2.05, 4.69) is 13.5 Å². The van der Waals surface area contributed by atoms with E-state index in [1.807, 2.05) is 0 Å². The van der Waals surface area contributed by atoms with E-state index >= 15 is 0 Å². The van der Waals surface area contributed by atoms with Crippen LogP contribution in [0.15, 0.2) is 12.7 Å². The lowest BCUT2D eigenvalue weighted by Crippen LogP contribution is -2.06. The fourth-order valence-corrected chi connectivity index (χ4v) is 1.51. The average molecular weight is 255 g/mol. The molecule has 0 saturated heterocycles. The van der Waals surface area contributed by atoms with Gasteiger partial charge in [-0.2, -0.15) is 0 Å². The summed E-state index contributed by atoms with van der Waals surface area (Å²) in [7, 11) is 0. The van der Waals surface area contributed by atoms with Gasteiger partial charge in [0.2, 0.25) is 0 Å². The number of rotatable bonds is 8. The number of hydrogen-bond acceptors (Lipinski definition) is 0. The molecule has 0 radical (unpaired) electrons. The molecule has 14 heavy (non-hydrogen) atoms. The number of alkyl halides is 2. The molecule has 0 heterocycles. The van der Waals surface area contributed by atoms with Gasteiger partial charge in [0.15, 0.2) is 0 Å². The van der Waals surface area contributed by atoms with Gasteiger partial charge in [-0.1, -0.05) is 74.7 Å². The van der Waals surface area contributed by atoms with Crippen LogP contribution < -0.4 is 0 Å². The molecule has 86 valence electrons. The van der Waals surface area contributed by atoms with Crippen LogP contribution in [0, 0.1) is 0 Å². The molecular formula is C11H24Cl2Si. The lowest BCUT2D eigenvalue weighted by molar-refractivity contribution is 0.585. The summed E-state index contributed by atoms with van der Waals surface area (Å²) >= 11 is 11.8. The first-order valence-electron chi connectivity index (χ1n) is 5.14. The first kappa shape index (κ1) is 16.9. The Morgan fingerprint density at radius 1 is 1.07 bits per heavy atom. The maximum atomic E-state index is 5.91. The lowest BCUT2D eigenvalue weighted by Gasteiger charge is -2.13. The lowest BCUT2D eigenvalue weighted by atomic mass is 10.1. The molecule has 0 aromatic rings. The van der Waals surface area contributed by atoms with Crippen molar-refractivity contribution in [3.8, 4) is 0 Å². The number of unbranched alkanes of at least 4 members (excludes halogenated alkanes) is 5. The van der Waals surface area contributed by atoms with Crippen molar-refractivity contribution in [2.75, 3.05) is 0 Å². The highest BCUT2D eigenvalue weighted by Crippen LogP contribution is 2.28. The minimum absolute atomic E-state index is 0. The third-order valence-corrected chi connectivity index (χ3v) is 2.85. The first-order valence-corrected chi connectivity index (χ1v) is 5.89. The van der Waals surface area contributed by atoms with E-state index in [1.165, 1.54) is 32.1 Å². The van der Waals surface area contributed by atoms with E-state index in [0.717, 1.165) is 12.8 Å². The van der Waals surface area contributed by atoms with Crippen molar-refractivity contribution in [1.29, 1.82) is 0 Å². The van der Waals surface area contributed by atoms with E-state index in [0.29, 0.717) is 0 Å². The number of halogens is 2. The molecule has 0 aliphatic rings. The summed E-state index contributed by atoms with van der Waals surface area (Å²) in [5.74, 6) is 0. The summed E-state index contributed by atoms with van der Waals surface area (Å²) in [6, 6.07) is 0. The van der Waals surface area contributed by atoms with Gasteiger partial charge in [-0.15, -0.1) is 6.58 Å². The second-order valence-corrected chi connectivity index (χ2v) is 5.03. The third kappa shape index (κ3) is 10.6. The Bertz CT molecular complexity index is 135. The average Bonchev–Trinajstić information content (AvgIpc) is 2.11. The second-order valence-electron chi connectivity index (χ2n) is 3.48. The normalized spacial score (nSPS) is 10.8. The van der Waals surface area contributed by atoms with Crippen LogP contribution in [0.1, 0.15) is 51.9 Å². The Labute approximate surface area is 103 Å². The molecule has 0 aliphatic carbocycles. The zero-order valence-electron chi connectivity index (χ0n) is 8.49. The second kappa shape index (κ2) is 10.1. The number of allylic oxidation sites excluding steroid dienone is 1. The van der Waals surface area contributed by atoms with Crippen molar-refractivity contribution < 1.29 is 0 Å². The summed E-state index contributed by atoms with van der Waals surface area (Å²) in [5, 5.41) is 0. The highest BCUT2D eigenvalue weighted by atomic mass is 35.5. The van der Waals surface area contributed by atoms with Gasteiger partial charge in [0, 0.05) is 0 Å². The molecule has 0 aromatic carbocycles. The van der Waals surface area contributed by atoms with Gasteiger partial charge in [-0.3, -0.25) is 0 Å². The van der Waals surface area contributed by atoms with Gasteiger partial charge in [0.25, 0.3) is 0 Å². The molecule has 0 atom stereocenters. The summed E-state index contributed by atoms with van der Waals surface area (Å²) in [4.78, 5) is 0. The quantitative estimate of drug-likeness (QED) is 0.269. The van der Waals surface area contributed by atoms with Crippen LogP contribution in [-0.2, 0) is 0 Å². The van der Waals surface area contributed by atoms with Crippen LogP contribution in [0.2, 0.25) is 0 Å². The molecule has 0 aromatic heterocycles. The predicted octanol–water partition coefficient (Wildman–Crippen LogP) is 3.65. The van der Waals surface area contributed by atoms with Crippen molar-refractivity contribution in [2.24, 2.45) is 0 Å². The van der Waals surface area contributed by atoms with Gasteiger partial charge in [0.1, 0.15) is 4.33 Å². The van der Waals surface area contributed by atoms with Crippen molar-refractivity contribution in [1.82, 2.24) is 0 Å². The van der Waals surface area contributed by atoms with E-state index in [9.17, 15) is 0 Å². The van der Waals surface area contributed by atoms with Gasteiger partial charge in [-0.05, 0) is 17.4 Å². The van der Waals surface area contributed by atoms with Crippen molar-refractivity contribution >= 4 is 34.2 Å². The predicted molar refractivity (Wildman–Crippen MR) is 74.0 cm³/mol. The monoisotopic (exact) mass is 254 g/mol. The summed E-state index contributed by atoms with van der Waals surface area (Å²) in [6.07, 6.45) is 10.0. The molecule has 0 amide bonds. The van der Waals surface area contributed by atoms with Crippen LogP contribution >= 0.6 is 23.2 Å². The summed E-state index contributed by atoms with van der Waals surface area (Å²) in [6.45, 7) is 5.82. The summed E-state index contributed by atoms with van der Waals surface area (Å²) in [5.41, 5.74) is 0. The van der Waals surface area contributed by atoms with Crippen LogP contribution in [0.25, 0.3) is 0 Å². The van der Waals surface area contributed by atoms with Crippen LogP contribution in [0.5, 0.6) is 0 Å². The zero-order chi connectivity index (χ0) is 10.2. The van der Waals surface area contributed by atoms with Gasteiger partial charge < -0.3 is 0 Å². The Balaban J connectivity index is 0. The molecule has 0 bridgehead atoms. The molecule has 3 heteroatoms. The van der Waals surface area contributed by atoms with Gasteiger partial charge in [0.05, 0.1) is 0 Å². The van der Waals surface area contributed by atoms with Crippen molar-refractivity contribution in [3.05, 3.63) is 12.7 Å². The van der Waals surface area contributed by atoms with Gasteiger partial charge in [-0.25, -0.2) is 0 Å². The molecule has 0 rings (SSSR count). The minimum Gasteiger partial charge on any atom is -0.100 e. The molecular weight excluding hydrogens is 231 g/mol. The van der Waals surface area contributed by atoms with Crippen LogP contribution in [-0.4, -0.2) is 15.3 Å². The Kier molecular flexibility index (Phi) is 12.2. The fourth-order valence-electron chi connectivity index (χ4n) is 1.24. The first-order chi connectivity index (χ1) is 6.12. The Hall–Kier alpha value is 0.537. The van der Waals surface area contributed by atoms with Crippen LogP contribution in [0.3, 0.4) is 0 Å². The zero-order valence-corrected chi connectivity index (χ0v) is 10.0. The maximum Gasteiger partial charge on any atom is 0.136 e. The molecule has 0 aliphatic heterocycles. The largest absolute Gasteiger partial charge is 0.136 e. The van der Waals surface area contributed by atoms with Crippen LogP contribution in [0.4, 0.5) is 0 Å². The third-order valence-electron chi connectivity index (χ3n) is 2.16. The van der Waals surface area contributed by atoms with E-state index < -0.39 is 4.33 Å².